The summed E-state index contributed by atoms with van der Waals surface area (Å²) in [4.78, 5) is 56.3. The van der Waals surface area contributed by atoms with Crippen molar-refractivity contribution in [1.29, 1.82) is 0 Å². The molecule has 1 N–H and O–H groups in total. The van der Waals surface area contributed by atoms with Gasteiger partial charge in [0.1, 0.15) is 5.75 Å². The number of nitrogens with zero attached hydrogens (tertiary/aromatic N) is 3. The van der Waals surface area contributed by atoms with Gasteiger partial charge in [-0.3, -0.25) is 19.0 Å². The van der Waals surface area contributed by atoms with Crippen molar-refractivity contribution >= 4 is 22.7 Å². The molecule has 1 aromatic carbocycles. The molecular formula is C23H30N4O5. The van der Waals surface area contributed by atoms with Gasteiger partial charge >= 0.3 is 5.69 Å². The highest BCUT2D eigenvalue weighted by Crippen LogP contribution is 2.31. The van der Waals surface area contributed by atoms with E-state index in [1.54, 1.807) is 30.0 Å². The van der Waals surface area contributed by atoms with E-state index in [0.717, 1.165) is 25.7 Å². The molecule has 1 saturated carbocycles. The minimum Gasteiger partial charge on any atom is -0.497 e. The Hall–Kier alpha value is -3.10. The number of aromatic amines is 1. The molecule has 9 nitrogen and oxygen atoms in total. The maximum Gasteiger partial charge on any atom is 0.328 e. The number of aromatic nitrogens is 2. The molecule has 2 aliphatic rings. The van der Waals surface area contributed by atoms with Gasteiger partial charge in [0.05, 0.1) is 18.0 Å². The number of fused-ring (bicyclic) bond motifs is 1. The van der Waals surface area contributed by atoms with Crippen molar-refractivity contribution in [2.45, 2.75) is 39.2 Å². The smallest absolute Gasteiger partial charge is 0.328 e. The second-order valence-corrected chi connectivity index (χ2v) is 8.81. The molecule has 1 aliphatic carbocycles. The highest BCUT2D eigenvalue weighted by atomic mass is 16.5. The van der Waals surface area contributed by atoms with Gasteiger partial charge in [-0.1, -0.05) is 0 Å². The summed E-state index contributed by atoms with van der Waals surface area (Å²) < 4.78 is 6.48. The highest BCUT2D eigenvalue weighted by Gasteiger charge is 2.31. The standard InChI is InChI=1S/C23H30N4O5/c1-15(28)25-9-11-26(12-10-25)21(29)17-5-3-16(4-6-17)14-27-22(30)19-13-18(32-2)7-8-20(19)24-23(27)31/h7-8,13,16-17H,3-6,9-12,14H2,1-2H3,(H,24,31). The van der Waals surface area contributed by atoms with Crippen LogP contribution < -0.4 is 16.0 Å². The molecule has 9 heteroatoms. The topological polar surface area (TPSA) is 105 Å². The largest absolute Gasteiger partial charge is 0.497 e. The lowest BCUT2D eigenvalue weighted by Gasteiger charge is -2.37. The fourth-order valence-corrected chi connectivity index (χ4v) is 4.87. The highest BCUT2D eigenvalue weighted by molar-refractivity contribution is 5.80. The van der Waals surface area contributed by atoms with E-state index in [4.69, 9.17) is 4.74 Å². The van der Waals surface area contributed by atoms with E-state index in [9.17, 15) is 19.2 Å². The molecule has 1 aliphatic heterocycles. The minimum absolute atomic E-state index is 0.0222. The van der Waals surface area contributed by atoms with Crippen LogP contribution in [0.1, 0.15) is 32.6 Å². The van der Waals surface area contributed by atoms with Crippen molar-refractivity contribution in [3.8, 4) is 5.75 Å². The predicted octanol–water partition coefficient (Wildman–Crippen LogP) is 1.20. The summed E-state index contributed by atoms with van der Waals surface area (Å²) in [5.41, 5.74) is -0.227. The Morgan fingerprint density at radius 2 is 1.69 bits per heavy atom. The van der Waals surface area contributed by atoms with Crippen molar-refractivity contribution in [3.05, 3.63) is 39.0 Å². The molecule has 172 valence electrons. The summed E-state index contributed by atoms with van der Waals surface area (Å²) in [6, 6.07) is 5.03. The number of benzene rings is 1. The van der Waals surface area contributed by atoms with Crippen molar-refractivity contribution in [3.63, 3.8) is 0 Å². The molecule has 2 heterocycles. The van der Waals surface area contributed by atoms with Crippen molar-refractivity contribution in [2.75, 3.05) is 33.3 Å². The second-order valence-electron chi connectivity index (χ2n) is 8.81. The van der Waals surface area contributed by atoms with Crippen LogP contribution in [0.2, 0.25) is 0 Å². The Labute approximate surface area is 186 Å². The molecule has 2 aromatic rings. The van der Waals surface area contributed by atoms with Gasteiger partial charge < -0.3 is 19.5 Å². The second kappa shape index (κ2) is 9.18. The molecule has 1 aromatic heterocycles. The van der Waals surface area contributed by atoms with Crippen LogP contribution in [0.5, 0.6) is 5.75 Å². The van der Waals surface area contributed by atoms with Gasteiger partial charge in [-0.05, 0) is 49.8 Å². The van der Waals surface area contributed by atoms with Gasteiger partial charge in [-0.25, -0.2) is 4.79 Å². The summed E-state index contributed by atoms with van der Waals surface area (Å²) in [7, 11) is 1.54. The Bertz CT molecular complexity index is 1120. The molecule has 0 radical (unpaired) electrons. The van der Waals surface area contributed by atoms with Crippen molar-refractivity contribution in [1.82, 2.24) is 19.4 Å². The summed E-state index contributed by atoms with van der Waals surface area (Å²) in [5.74, 6) is 0.937. The van der Waals surface area contributed by atoms with Gasteiger partial charge in [0, 0.05) is 45.6 Å². The molecule has 0 atom stereocenters. The number of methoxy groups -OCH3 is 1. The maximum absolute atomic E-state index is 12.9. The van der Waals surface area contributed by atoms with Crippen LogP contribution in [0.3, 0.4) is 0 Å². The zero-order chi connectivity index (χ0) is 22.8. The van der Waals surface area contributed by atoms with Crippen LogP contribution in [-0.4, -0.2) is 64.5 Å². The Morgan fingerprint density at radius 1 is 1.03 bits per heavy atom. The Kier molecular flexibility index (Phi) is 6.34. The summed E-state index contributed by atoms with van der Waals surface area (Å²) >= 11 is 0. The third kappa shape index (κ3) is 4.42. The zero-order valence-electron chi connectivity index (χ0n) is 18.6. The molecule has 2 amide bonds. The number of carbonyl (C=O) groups excluding carboxylic acids is 2. The number of amides is 2. The Balaban J connectivity index is 1.39. The first-order valence-electron chi connectivity index (χ1n) is 11.2. The quantitative estimate of drug-likeness (QED) is 0.766. The normalized spacial score (nSPS) is 21.6. The third-order valence-electron chi connectivity index (χ3n) is 6.86. The molecule has 4 rings (SSSR count). The molecule has 32 heavy (non-hydrogen) atoms. The number of ether oxygens (including phenoxy) is 1. The zero-order valence-corrected chi connectivity index (χ0v) is 18.6. The lowest BCUT2D eigenvalue weighted by molar-refractivity contribution is -0.142. The van der Waals surface area contributed by atoms with E-state index < -0.39 is 5.69 Å². The summed E-state index contributed by atoms with van der Waals surface area (Å²) in [6.45, 7) is 4.26. The molecule has 0 unspecified atom stereocenters. The number of H-pyrrole nitrogens is 1. The first kappa shape index (κ1) is 22.1. The molecule has 2 fully saturated rings. The van der Waals surface area contributed by atoms with Crippen molar-refractivity contribution < 1.29 is 14.3 Å². The van der Waals surface area contributed by atoms with Crippen LogP contribution in [0.4, 0.5) is 0 Å². The SMILES string of the molecule is COc1ccc2[nH]c(=O)n(CC3CCC(C(=O)N4CCN(C(C)=O)CC4)CC3)c(=O)c2c1. The van der Waals surface area contributed by atoms with Crippen LogP contribution in [0.25, 0.3) is 10.9 Å². The van der Waals surface area contributed by atoms with E-state index >= 15 is 0 Å². The van der Waals surface area contributed by atoms with E-state index in [2.05, 4.69) is 4.98 Å². The van der Waals surface area contributed by atoms with Gasteiger partial charge in [-0.2, -0.15) is 0 Å². The first-order chi connectivity index (χ1) is 15.4. The number of piperazine rings is 1. The number of hydrogen-bond donors (Lipinski definition) is 1. The number of nitrogens with one attached hydrogen (secondary N) is 1. The number of hydrogen-bond acceptors (Lipinski definition) is 5. The maximum atomic E-state index is 12.9. The Morgan fingerprint density at radius 3 is 2.31 bits per heavy atom. The average molecular weight is 443 g/mol. The van der Waals surface area contributed by atoms with Gasteiger partial charge in [-0.15, -0.1) is 0 Å². The summed E-state index contributed by atoms with van der Waals surface area (Å²) in [6.07, 6.45) is 3.10. The fourth-order valence-electron chi connectivity index (χ4n) is 4.87. The van der Waals surface area contributed by atoms with E-state index in [0.29, 0.717) is 49.4 Å². The van der Waals surface area contributed by atoms with Gasteiger partial charge in [0.15, 0.2) is 0 Å². The average Bonchev–Trinajstić information content (AvgIpc) is 2.81. The van der Waals surface area contributed by atoms with E-state index in [1.807, 2.05) is 4.90 Å². The number of carbonyl (C=O) groups is 2. The lowest BCUT2D eigenvalue weighted by atomic mass is 9.81. The van der Waals surface area contributed by atoms with Gasteiger partial charge in [0.25, 0.3) is 5.56 Å². The van der Waals surface area contributed by atoms with Crippen LogP contribution in [0, 0.1) is 11.8 Å². The van der Waals surface area contributed by atoms with E-state index in [-0.39, 0.29) is 29.2 Å². The van der Waals surface area contributed by atoms with Crippen LogP contribution in [-0.2, 0) is 16.1 Å². The van der Waals surface area contributed by atoms with Crippen molar-refractivity contribution in [2.24, 2.45) is 11.8 Å². The van der Waals surface area contributed by atoms with E-state index in [1.165, 1.54) is 11.7 Å². The lowest BCUT2D eigenvalue weighted by Crippen LogP contribution is -2.51. The van der Waals surface area contributed by atoms with Crippen LogP contribution >= 0.6 is 0 Å². The molecule has 1 saturated heterocycles. The summed E-state index contributed by atoms with van der Waals surface area (Å²) in [5, 5.41) is 0.428. The first-order valence-corrected chi connectivity index (χ1v) is 11.2. The third-order valence-corrected chi connectivity index (χ3v) is 6.86. The molecule has 0 bridgehead atoms. The molecule has 0 spiro atoms. The fraction of sp³-hybridized carbons (Fsp3) is 0.565. The predicted molar refractivity (Wildman–Crippen MR) is 120 cm³/mol. The van der Waals surface area contributed by atoms with Gasteiger partial charge in [0.2, 0.25) is 11.8 Å². The van der Waals surface area contributed by atoms with Crippen LogP contribution in [0.15, 0.2) is 27.8 Å². The monoisotopic (exact) mass is 442 g/mol. The molecular weight excluding hydrogens is 412 g/mol. The minimum atomic E-state index is -0.408. The number of rotatable bonds is 4.